The Kier molecular flexibility index (Phi) is 8.75. The number of carbonyl (C=O) groups is 1. The SMILES string of the molecule is CCCCCCCC(=O)OC#CC[C@@H](C)[C@H]1CC[C@H]2[C@@H]3CCC4CCCC[C@]4(C)[C@H]3CC[C@]12C. The van der Waals surface area contributed by atoms with Crippen LogP contribution in [0.1, 0.15) is 137 Å². The summed E-state index contributed by atoms with van der Waals surface area (Å²) >= 11 is 0. The highest BCUT2D eigenvalue weighted by molar-refractivity contribution is 5.70. The van der Waals surface area contributed by atoms with Crippen LogP contribution in [0.25, 0.3) is 0 Å². The molecule has 0 aromatic heterocycles. The summed E-state index contributed by atoms with van der Waals surface area (Å²) in [6.45, 7) is 9.95. The zero-order valence-corrected chi connectivity index (χ0v) is 22.8. The van der Waals surface area contributed by atoms with Gasteiger partial charge in [-0.1, -0.05) is 72.1 Å². The maximum atomic E-state index is 12.0. The first-order valence-electron chi connectivity index (χ1n) is 15.1. The molecule has 4 rings (SSSR count). The lowest BCUT2D eigenvalue weighted by Gasteiger charge is -2.60. The normalized spacial score (nSPS) is 39.7. The third-order valence-corrected chi connectivity index (χ3v) is 11.5. The second-order valence-corrected chi connectivity index (χ2v) is 13.2. The summed E-state index contributed by atoms with van der Waals surface area (Å²) in [4.78, 5) is 12.0. The monoisotopic (exact) mass is 468 g/mol. The summed E-state index contributed by atoms with van der Waals surface area (Å²) in [5, 5.41) is 0. The molecule has 0 bridgehead atoms. The van der Waals surface area contributed by atoms with Gasteiger partial charge in [-0.2, -0.15) is 0 Å². The molecule has 4 aliphatic rings. The molecule has 0 aliphatic heterocycles. The lowest BCUT2D eigenvalue weighted by atomic mass is 9.44. The van der Waals surface area contributed by atoms with Crippen molar-refractivity contribution in [2.24, 2.45) is 46.3 Å². The zero-order chi connectivity index (χ0) is 24.2. The fourth-order valence-electron chi connectivity index (χ4n) is 9.63. The van der Waals surface area contributed by atoms with Gasteiger partial charge >= 0.3 is 5.97 Å². The molecule has 2 nitrogen and oxygen atoms in total. The van der Waals surface area contributed by atoms with Crippen molar-refractivity contribution in [3.63, 3.8) is 0 Å². The Morgan fingerprint density at radius 3 is 2.53 bits per heavy atom. The molecule has 1 unspecified atom stereocenters. The highest BCUT2D eigenvalue weighted by Crippen LogP contribution is 2.68. The van der Waals surface area contributed by atoms with Crippen LogP contribution in [0.3, 0.4) is 0 Å². The number of hydrogen-bond acceptors (Lipinski definition) is 2. The molecule has 0 N–H and O–H groups in total. The Morgan fingerprint density at radius 2 is 1.71 bits per heavy atom. The molecule has 0 spiro atoms. The minimum Gasteiger partial charge on any atom is -0.372 e. The van der Waals surface area contributed by atoms with Gasteiger partial charge in [0.25, 0.3) is 0 Å². The lowest BCUT2D eigenvalue weighted by molar-refractivity contribution is -0.136. The van der Waals surface area contributed by atoms with Crippen molar-refractivity contribution in [1.29, 1.82) is 0 Å². The second kappa shape index (κ2) is 11.4. The van der Waals surface area contributed by atoms with E-state index in [0.29, 0.717) is 23.2 Å². The van der Waals surface area contributed by atoms with Crippen molar-refractivity contribution >= 4 is 5.97 Å². The number of unbranched alkanes of at least 4 members (excludes halogenated alkanes) is 4. The van der Waals surface area contributed by atoms with E-state index >= 15 is 0 Å². The molecule has 0 aromatic rings. The predicted molar refractivity (Wildman–Crippen MR) is 141 cm³/mol. The smallest absolute Gasteiger partial charge is 0.319 e. The largest absolute Gasteiger partial charge is 0.372 e. The van der Waals surface area contributed by atoms with Gasteiger partial charge in [-0.3, -0.25) is 4.79 Å². The molecule has 0 aromatic carbocycles. The summed E-state index contributed by atoms with van der Waals surface area (Å²) in [5.41, 5.74) is 1.13. The summed E-state index contributed by atoms with van der Waals surface area (Å²) in [6, 6.07) is 0. The van der Waals surface area contributed by atoms with Crippen LogP contribution in [0.5, 0.6) is 0 Å². The van der Waals surface area contributed by atoms with Crippen molar-refractivity contribution in [3.05, 3.63) is 0 Å². The van der Waals surface area contributed by atoms with Crippen LogP contribution in [0, 0.1) is 58.4 Å². The molecular weight excluding hydrogens is 416 g/mol. The molecule has 8 atom stereocenters. The Labute approximate surface area is 210 Å². The van der Waals surface area contributed by atoms with E-state index in [1.807, 2.05) is 0 Å². The van der Waals surface area contributed by atoms with Crippen LogP contribution in [0.2, 0.25) is 0 Å². The van der Waals surface area contributed by atoms with E-state index in [9.17, 15) is 4.79 Å². The van der Waals surface area contributed by atoms with E-state index in [2.05, 4.69) is 39.7 Å². The van der Waals surface area contributed by atoms with E-state index in [-0.39, 0.29) is 5.97 Å². The van der Waals surface area contributed by atoms with Crippen LogP contribution in [0.15, 0.2) is 0 Å². The Balaban J connectivity index is 1.28. The van der Waals surface area contributed by atoms with E-state index in [0.717, 1.165) is 48.9 Å². The van der Waals surface area contributed by atoms with Crippen molar-refractivity contribution in [2.75, 3.05) is 0 Å². The van der Waals surface area contributed by atoms with Gasteiger partial charge in [0.15, 0.2) is 0 Å². The van der Waals surface area contributed by atoms with E-state index in [4.69, 9.17) is 4.74 Å². The van der Waals surface area contributed by atoms with Crippen molar-refractivity contribution < 1.29 is 9.53 Å². The van der Waals surface area contributed by atoms with Gasteiger partial charge in [0.1, 0.15) is 6.11 Å². The molecule has 192 valence electrons. The highest BCUT2D eigenvalue weighted by atomic mass is 16.5. The van der Waals surface area contributed by atoms with Gasteiger partial charge < -0.3 is 4.74 Å². The highest BCUT2D eigenvalue weighted by Gasteiger charge is 2.60. The molecule has 0 saturated heterocycles. The quantitative estimate of drug-likeness (QED) is 0.202. The van der Waals surface area contributed by atoms with Crippen LogP contribution >= 0.6 is 0 Å². The average molecular weight is 469 g/mol. The van der Waals surface area contributed by atoms with Crippen LogP contribution < -0.4 is 0 Å². The molecule has 0 amide bonds. The second-order valence-electron chi connectivity index (χ2n) is 13.2. The molecule has 0 radical (unpaired) electrons. The van der Waals surface area contributed by atoms with Crippen molar-refractivity contribution in [1.82, 2.24) is 0 Å². The first-order valence-corrected chi connectivity index (χ1v) is 15.1. The fourth-order valence-corrected chi connectivity index (χ4v) is 9.63. The van der Waals surface area contributed by atoms with Gasteiger partial charge in [0.2, 0.25) is 0 Å². The summed E-state index contributed by atoms with van der Waals surface area (Å²) in [5.74, 6) is 8.34. The molecule has 4 saturated carbocycles. The minimum atomic E-state index is -0.144. The number of ether oxygens (including phenoxy) is 1. The Hall–Kier alpha value is -0.970. The van der Waals surface area contributed by atoms with Gasteiger partial charge in [0, 0.05) is 12.8 Å². The molecular formula is C32H52O2. The molecule has 2 heteroatoms. The van der Waals surface area contributed by atoms with Crippen LogP contribution in [-0.2, 0) is 9.53 Å². The van der Waals surface area contributed by atoms with Gasteiger partial charge in [-0.05, 0) is 104 Å². The third-order valence-electron chi connectivity index (χ3n) is 11.5. The number of hydrogen-bond donors (Lipinski definition) is 0. The van der Waals surface area contributed by atoms with E-state index in [1.165, 1.54) is 83.5 Å². The van der Waals surface area contributed by atoms with Crippen LogP contribution in [-0.4, -0.2) is 5.97 Å². The van der Waals surface area contributed by atoms with Gasteiger partial charge in [0.05, 0.1) is 0 Å². The lowest BCUT2D eigenvalue weighted by Crippen LogP contribution is -2.53. The average Bonchev–Trinajstić information content (AvgIpc) is 3.18. The van der Waals surface area contributed by atoms with Crippen molar-refractivity contribution in [3.8, 4) is 12.0 Å². The number of rotatable bonds is 8. The molecule has 4 aliphatic carbocycles. The maximum Gasteiger partial charge on any atom is 0.319 e. The molecule has 0 heterocycles. The number of esters is 1. The van der Waals surface area contributed by atoms with E-state index < -0.39 is 0 Å². The molecule has 4 fully saturated rings. The number of fused-ring (bicyclic) bond motifs is 5. The predicted octanol–water partition coefficient (Wildman–Crippen LogP) is 8.93. The van der Waals surface area contributed by atoms with Crippen molar-refractivity contribution in [2.45, 2.75) is 137 Å². The Bertz CT molecular complexity index is 746. The summed E-state index contributed by atoms with van der Waals surface area (Å²) in [6.07, 6.45) is 24.6. The fraction of sp³-hybridized carbons (Fsp3) is 0.906. The van der Waals surface area contributed by atoms with Gasteiger partial charge in [-0.15, -0.1) is 0 Å². The maximum absolute atomic E-state index is 12.0. The standard InChI is InChI=1S/C32H52O2/c1-5-6-7-8-9-15-30(33)34-23-12-13-24(2)27-18-19-28-26-17-16-25-14-10-11-21-31(25,3)29(26)20-22-32(27,28)4/h24-29H,5-11,13-22H2,1-4H3/t24-,25?,26+,27-,28+,29+,31+,32-/m1/s1. The summed E-state index contributed by atoms with van der Waals surface area (Å²) < 4.78 is 5.23. The van der Waals surface area contributed by atoms with Crippen LogP contribution in [0.4, 0.5) is 0 Å². The third kappa shape index (κ3) is 5.25. The Morgan fingerprint density at radius 1 is 0.912 bits per heavy atom. The number of carbonyl (C=O) groups excluding carboxylic acids is 1. The summed E-state index contributed by atoms with van der Waals surface area (Å²) in [7, 11) is 0. The first kappa shape index (κ1) is 26.1. The topological polar surface area (TPSA) is 26.3 Å². The molecule has 34 heavy (non-hydrogen) atoms. The van der Waals surface area contributed by atoms with E-state index in [1.54, 1.807) is 0 Å². The first-order chi connectivity index (χ1) is 16.4. The zero-order valence-electron chi connectivity index (χ0n) is 22.8. The minimum absolute atomic E-state index is 0.144. The van der Waals surface area contributed by atoms with Gasteiger partial charge in [-0.25, -0.2) is 0 Å².